The largest absolute Gasteiger partial charge is 0.369 e. The zero-order valence-electron chi connectivity index (χ0n) is 18.4. The van der Waals surface area contributed by atoms with Crippen molar-refractivity contribution >= 4 is 40.8 Å². The number of aromatic nitrogens is 2. The van der Waals surface area contributed by atoms with Crippen molar-refractivity contribution < 1.29 is 4.79 Å². The third-order valence-corrected chi connectivity index (χ3v) is 5.28. The van der Waals surface area contributed by atoms with E-state index in [1.165, 1.54) is 0 Å². The van der Waals surface area contributed by atoms with Crippen LogP contribution in [0.2, 0.25) is 0 Å². The highest BCUT2D eigenvalue weighted by Crippen LogP contribution is 2.18. The Bertz CT molecular complexity index is 972. The minimum Gasteiger partial charge on any atom is -0.369 e. The number of hydrogen-bond acceptors (Lipinski definition) is 4. The van der Waals surface area contributed by atoms with Crippen LogP contribution in [-0.4, -0.2) is 44.9 Å². The van der Waals surface area contributed by atoms with E-state index in [1.54, 1.807) is 0 Å². The maximum atomic E-state index is 11.5. The van der Waals surface area contributed by atoms with Crippen LogP contribution in [-0.2, 0) is 4.79 Å². The second-order valence-electron chi connectivity index (χ2n) is 8.00. The third kappa shape index (κ3) is 6.45. The number of benzene rings is 1. The van der Waals surface area contributed by atoms with Crippen LogP contribution in [0, 0.1) is 33.6 Å². The Balaban J connectivity index is 1.83. The third-order valence-electron chi connectivity index (χ3n) is 5.08. The van der Waals surface area contributed by atoms with Crippen LogP contribution in [0.4, 0.5) is 11.6 Å². The van der Waals surface area contributed by atoms with Gasteiger partial charge in [-0.2, -0.15) is 4.99 Å². The number of carbonyl (C=O) groups excluding carboxylic acids is 1. The Kier molecular flexibility index (Phi) is 7.17. The van der Waals surface area contributed by atoms with Gasteiger partial charge in [-0.25, -0.2) is 9.97 Å². The molecule has 3 rings (SSSR count). The monoisotopic (exact) mass is 439 g/mol. The Hall–Kier alpha value is -3.07. The molecule has 0 bridgehead atoms. The van der Waals surface area contributed by atoms with Crippen molar-refractivity contribution in [1.29, 1.82) is 0 Å². The van der Waals surface area contributed by atoms with Crippen LogP contribution in [0.1, 0.15) is 35.4 Å². The number of anilines is 2. The van der Waals surface area contributed by atoms with Crippen molar-refractivity contribution in [2.75, 3.05) is 23.7 Å². The number of hydrogen-bond donors (Lipinski definition) is 3. The number of carbonyl (C=O) groups is 1. The molecule has 0 spiro atoms. The molecular formula is C22H29N7OS. The summed E-state index contributed by atoms with van der Waals surface area (Å²) in [5, 5.41) is 6.74. The van der Waals surface area contributed by atoms with Crippen LogP contribution < -0.4 is 16.4 Å². The van der Waals surface area contributed by atoms with Gasteiger partial charge in [0.2, 0.25) is 22.9 Å². The molecule has 0 aliphatic carbocycles. The summed E-state index contributed by atoms with van der Waals surface area (Å²) in [5.41, 5.74) is 10.4. The number of nitrogens with zero attached hydrogens (tertiary/aromatic N) is 4. The number of aliphatic imine (C=N–C) groups is 1. The summed E-state index contributed by atoms with van der Waals surface area (Å²) in [5.74, 6) is 0.642. The molecular weight excluding hydrogens is 410 g/mol. The van der Waals surface area contributed by atoms with E-state index in [2.05, 4.69) is 36.6 Å². The summed E-state index contributed by atoms with van der Waals surface area (Å²) in [7, 11) is 0. The van der Waals surface area contributed by atoms with Gasteiger partial charge in [0.1, 0.15) is 0 Å². The van der Waals surface area contributed by atoms with Crippen LogP contribution in [0.25, 0.3) is 0 Å². The number of nitrogens with one attached hydrogen (secondary N) is 2. The van der Waals surface area contributed by atoms with Crippen LogP contribution in [0.15, 0.2) is 29.3 Å². The van der Waals surface area contributed by atoms with E-state index in [-0.39, 0.29) is 11.8 Å². The van der Waals surface area contributed by atoms with Gasteiger partial charge in [-0.3, -0.25) is 10.1 Å². The molecule has 164 valence electrons. The number of rotatable bonds is 3. The van der Waals surface area contributed by atoms with Gasteiger partial charge < -0.3 is 16.0 Å². The molecule has 2 aromatic rings. The zero-order valence-corrected chi connectivity index (χ0v) is 19.2. The SMILES string of the molecule is Cc1cc(C)cc(NC(=S)/N=C(/Nc2nc(C)cc(C)n2)N2CCC(C(N)=O)CC2)c1. The number of likely N-dealkylation sites (tertiary alicyclic amines) is 1. The predicted molar refractivity (Wildman–Crippen MR) is 128 cm³/mol. The predicted octanol–water partition coefficient (Wildman–Crippen LogP) is 3.07. The van der Waals surface area contributed by atoms with Crippen molar-refractivity contribution in [2.45, 2.75) is 40.5 Å². The number of guanidine groups is 1. The minimum absolute atomic E-state index is 0.115. The van der Waals surface area contributed by atoms with E-state index in [0.29, 0.717) is 43.0 Å². The molecule has 0 atom stereocenters. The van der Waals surface area contributed by atoms with Crippen molar-refractivity contribution in [3.05, 3.63) is 46.8 Å². The first-order chi connectivity index (χ1) is 14.7. The molecule has 1 aromatic carbocycles. The van der Waals surface area contributed by atoms with Crippen molar-refractivity contribution in [3.8, 4) is 0 Å². The van der Waals surface area contributed by atoms with Gasteiger partial charge in [-0.05, 0) is 82.1 Å². The summed E-state index contributed by atoms with van der Waals surface area (Å²) in [4.78, 5) is 27.1. The molecule has 1 aromatic heterocycles. The van der Waals surface area contributed by atoms with E-state index >= 15 is 0 Å². The second-order valence-corrected chi connectivity index (χ2v) is 8.39. The highest BCUT2D eigenvalue weighted by molar-refractivity contribution is 7.80. The van der Waals surface area contributed by atoms with E-state index in [9.17, 15) is 4.79 Å². The first-order valence-corrected chi connectivity index (χ1v) is 10.7. The fourth-order valence-electron chi connectivity index (χ4n) is 3.73. The van der Waals surface area contributed by atoms with E-state index < -0.39 is 0 Å². The summed E-state index contributed by atoms with van der Waals surface area (Å²) in [6.07, 6.45) is 1.34. The molecule has 0 saturated carbocycles. The number of thiocarbonyl (C=S) groups is 1. The summed E-state index contributed by atoms with van der Waals surface area (Å²) < 4.78 is 0. The lowest BCUT2D eigenvalue weighted by atomic mass is 9.96. The van der Waals surface area contributed by atoms with Gasteiger partial charge in [0.15, 0.2) is 0 Å². The van der Waals surface area contributed by atoms with Gasteiger partial charge in [-0.15, -0.1) is 0 Å². The topological polar surface area (TPSA) is 109 Å². The molecule has 1 fully saturated rings. The summed E-state index contributed by atoms with van der Waals surface area (Å²) >= 11 is 5.52. The Morgan fingerprint density at radius 1 is 1.03 bits per heavy atom. The van der Waals surface area contributed by atoms with E-state index in [4.69, 9.17) is 18.0 Å². The van der Waals surface area contributed by atoms with Crippen LogP contribution in [0.5, 0.6) is 0 Å². The van der Waals surface area contributed by atoms with Crippen molar-refractivity contribution in [1.82, 2.24) is 14.9 Å². The quantitative estimate of drug-likeness (QED) is 0.383. The highest BCUT2D eigenvalue weighted by Gasteiger charge is 2.25. The van der Waals surface area contributed by atoms with E-state index in [1.807, 2.05) is 45.9 Å². The first-order valence-electron chi connectivity index (χ1n) is 10.3. The van der Waals surface area contributed by atoms with E-state index in [0.717, 1.165) is 28.2 Å². The summed E-state index contributed by atoms with van der Waals surface area (Å²) in [6, 6.07) is 8.05. The molecule has 1 aliphatic heterocycles. The highest BCUT2D eigenvalue weighted by atomic mass is 32.1. The minimum atomic E-state index is -0.254. The lowest BCUT2D eigenvalue weighted by Gasteiger charge is -2.32. The van der Waals surface area contributed by atoms with Crippen LogP contribution in [0.3, 0.4) is 0 Å². The number of nitrogens with two attached hydrogens (primary N) is 1. The lowest BCUT2D eigenvalue weighted by molar-refractivity contribution is -0.122. The molecule has 4 N–H and O–H groups in total. The molecule has 1 aliphatic rings. The fraction of sp³-hybridized carbons (Fsp3) is 0.409. The maximum Gasteiger partial charge on any atom is 0.229 e. The Morgan fingerprint density at radius 2 is 1.61 bits per heavy atom. The van der Waals surface area contributed by atoms with Crippen LogP contribution >= 0.6 is 12.2 Å². The van der Waals surface area contributed by atoms with Gasteiger partial charge in [0, 0.05) is 36.1 Å². The standard InChI is InChI=1S/C22H29N7OS/c1-13-9-14(2)11-18(10-13)26-22(31)28-21(27-20-24-15(3)12-16(4)25-20)29-7-5-17(6-8-29)19(23)30/h9-12,17H,5-8H2,1-4H3,(H2,23,30)(H2,24,25,26,27,28,31). The molecule has 31 heavy (non-hydrogen) atoms. The molecule has 1 saturated heterocycles. The zero-order chi connectivity index (χ0) is 22.5. The number of primary amides is 1. The van der Waals surface area contributed by atoms with Gasteiger partial charge in [0.25, 0.3) is 0 Å². The molecule has 8 nitrogen and oxygen atoms in total. The lowest BCUT2D eigenvalue weighted by Crippen LogP contribution is -2.45. The molecule has 0 radical (unpaired) electrons. The first kappa shape index (κ1) is 22.6. The van der Waals surface area contributed by atoms with Crippen molar-refractivity contribution in [2.24, 2.45) is 16.6 Å². The average Bonchev–Trinajstić information content (AvgIpc) is 2.66. The number of piperidine rings is 1. The maximum absolute atomic E-state index is 11.5. The molecule has 1 amide bonds. The second kappa shape index (κ2) is 9.82. The Labute approximate surface area is 188 Å². The summed E-state index contributed by atoms with van der Waals surface area (Å²) in [6.45, 7) is 9.19. The normalized spacial score (nSPS) is 15.0. The van der Waals surface area contributed by atoms with Gasteiger partial charge in [0.05, 0.1) is 0 Å². The molecule has 9 heteroatoms. The Morgan fingerprint density at radius 3 is 2.16 bits per heavy atom. The molecule has 2 heterocycles. The van der Waals surface area contributed by atoms with Crippen molar-refractivity contribution in [3.63, 3.8) is 0 Å². The van der Waals surface area contributed by atoms with Gasteiger partial charge in [-0.1, -0.05) is 6.07 Å². The smallest absolute Gasteiger partial charge is 0.229 e. The molecule has 0 unspecified atom stereocenters. The number of aryl methyl sites for hydroxylation is 4. The van der Waals surface area contributed by atoms with Gasteiger partial charge >= 0.3 is 0 Å². The fourth-order valence-corrected chi connectivity index (χ4v) is 3.93. The number of amides is 1. The average molecular weight is 440 g/mol.